The molecule has 0 amide bonds. The van der Waals surface area contributed by atoms with Crippen LogP contribution in [0.4, 0.5) is 0 Å². The summed E-state index contributed by atoms with van der Waals surface area (Å²) in [7, 11) is 1.70. The molecule has 0 aliphatic heterocycles. The van der Waals surface area contributed by atoms with Gasteiger partial charge in [0.2, 0.25) is 12.1 Å². The molecule has 2 rings (SSSR count). The third-order valence-electron chi connectivity index (χ3n) is 3.49. The van der Waals surface area contributed by atoms with Gasteiger partial charge in [-0.15, -0.1) is 0 Å². The molecule has 1 aromatic rings. The molecule has 0 N–H and O–H groups in total. The molecule has 1 aliphatic rings. The SMILES string of the molecule is CCOC(OCC)c1nc(C2(OC)CCCC2)no1. The van der Waals surface area contributed by atoms with Gasteiger partial charge in [-0.05, 0) is 39.5 Å². The molecule has 0 spiro atoms. The monoisotopic (exact) mass is 270 g/mol. The molecule has 1 saturated carbocycles. The Morgan fingerprint density at radius 1 is 1.21 bits per heavy atom. The fourth-order valence-corrected chi connectivity index (χ4v) is 2.47. The lowest BCUT2D eigenvalue weighted by Crippen LogP contribution is -2.26. The molecule has 19 heavy (non-hydrogen) atoms. The zero-order chi connectivity index (χ0) is 13.7. The van der Waals surface area contributed by atoms with Gasteiger partial charge in [-0.25, -0.2) is 0 Å². The average molecular weight is 270 g/mol. The molecule has 0 saturated heterocycles. The van der Waals surface area contributed by atoms with Crippen LogP contribution in [-0.2, 0) is 19.8 Å². The highest BCUT2D eigenvalue weighted by atomic mass is 16.7. The van der Waals surface area contributed by atoms with Crippen molar-refractivity contribution >= 4 is 0 Å². The first-order valence-corrected chi connectivity index (χ1v) is 6.88. The van der Waals surface area contributed by atoms with Crippen LogP contribution in [0.15, 0.2) is 4.52 Å². The van der Waals surface area contributed by atoms with Crippen molar-refractivity contribution in [3.8, 4) is 0 Å². The summed E-state index contributed by atoms with van der Waals surface area (Å²) in [6, 6.07) is 0. The predicted molar refractivity (Wildman–Crippen MR) is 67.4 cm³/mol. The summed E-state index contributed by atoms with van der Waals surface area (Å²) >= 11 is 0. The van der Waals surface area contributed by atoms with E-state index in [1.54, 1.807) is 7.11 Å². The average Bonchev–Trinajstić information content (AvgIpc) is 3.08. The Labute approximate surface area is 113 Å². The van der Waals surface area contributed by atoms with Crippen LogP contribution in [0, 0.1) is 0 Å². The highest BCUT2D eigenvalue weighted by molar-refractivity contribution is 5.04. The van der Waals surface area contributed by atoms with Crippen LogP contribution in [0.25, 0.3) is 0 Å². The first-order valence-electron chi connectivity index (χ1n) is 6.88. The highest BCUT2D eigenvalue weighted by Gasteiger charge is 2.40. The van der Waals surface area contributed by atoms with E-state index in [-0.39, 0.29) is 0 Å². The minimum absolute atomic E-state index is 0.363. The minimum atomic E-state index is -0.591. The lowest BCUT2D eigenvalue weighted by Gasteiger charge is -2.22. The number of rotatable bonds is 7. The Morgan fingerprint density at radius 2 is 1.84 bits per heavy atom. The molecule has 1 heterocycles. The fraction of sp³-hybridized carbons (Fsp3) is 0.846. The van der Waals surface area contributed by atoms with Crippen LogP contribution in [0.3, 0.4) is 0 Å². The zero-order valence-corrected chi connectivity index (χ0v) is 11.8. The lowest BCUT2D eigenvalue weighted by molar-refractivity contribution is -0.155. The van der Waals surface area contributed by atoms with Gasteiger partial charge in [0.15, 0.2) is 0 Å². The van der Waals surface area contributed by atoms with Gasteiger partial charge in [0.1, 0.15) is 5.60 Å². The molecule has 0 atom stereocenters. The van der Waals surface area contributed by atoms with Crippen molar-refractivity contribution in [2.75, 3.05) is 20.3 Å². The Morgan fingerprint density at radius 3 is 2.37 bits per heavy atom. The van der Waals surface area contributed by atoms with Crippen molar-refractivity contribution in [1.29, 1.82) is 0 Å². The van der Waals surface area contributed by atoms with Crippen molar-refractivity contribution in [2.45, 2.75) is 51.4 Å². The Hall–Kier alpha value is -0.980. The van der Waals surface area contributed by atoms with Gasteiger partial charge in [0, 0.05) is 20.3 Å². The van der Waals surface area contributed by atoms with Gasteiger partial charge in [-0.2, -0.15) is 4.98 Å². The van der Waals surface area contributed by atoms with Crippen LogP contribution in [-0.4, -0.2) is 30.5 Å². The summed E-state index contributed by atoms with van der Waals surface area (Å²) in [5.74, 6) is 0.967. The number of ether oxygens (including phenoxy) is 3. The van der Waals surface area contributed by atoms with Gasteiger partial charge in [-0.1, -0.05) is 5.16 Å². The van der Waals surface area contributed by atoms with E-state index in [2.05, 4.69) is 10.1 Å². The third-order valence-corrected chi connectivity index (χ3v) is 3.49. The van der Waals surface area contributed by atoms with E-state index in [9.17, 15) is 0 Å². The largest absolute Gasteiger partial charge is 0.370 e. The molecular weight excluding hydrogens is 248 g/mol. The molecule has 6 nitrogen and oxygen atoms in total. The van der Waals surface area contributed by atoms with Crippen LogP contribution >= 0.6 is 0 Å². The molecule has 0 radical (unpaired) electrons. The molecule has 108 valence electrons. The number of hydrogen-bond acceptors (Lipinski definition) is 6. The number of aromatic nitrogens is 2. The quantitative estimate of drug-likeness (QED) is 0.709. The second-order valence-corrected chi connectivity index (χ2v) is 4.60. The molecular formula is C13H22N2O4. The van der Waals surface area contributed by atoms with Gasteiger partial charge in [-0.3, -0.25) is 0 Å². The first kappa shape index (κ1) is 14.4. The maximum atomic E-state index is 5.63. The van der Waals surface area contributed by atoms with Crippen molar-refractivity contribution < 1.29 is 18.7 Å². The topological polar surface area (TPSA) is 66.6 Å². The summed E-state index contributed by atoms with van der Waals surface area (Å²) in [6.07, 6.45) is 3.51. The van der Waals surface area contributed by atoms with Gasteiger partial charge < -0.3 is 18.7 Å². The van der Waals surface area contributed by atoms with Crippen LogP contribution in [0.1, 0.15) is 57.5 Å². The maximum Gasteiger partial charge on any atom is 0.283 e. The maximum absolute atomic E-state index is 5.63. The number of nitrogens with zero attached hydrogens (tertiary/aromatic N) is 2. The minimum Gasteiger partial charge on any atom is -0.370 e. The van der Waals surface area contributed by atoms with Crippen molar-refractivity contribution in [3.05, 3.63) is 11.7 Å². The van der Waals surface area contributed by atoms with Crippen LogP contribution in [0.2, 0.25) is 0 Å². The summed E-state index contributed by atoms with van der Waals surface area (Å²) < 4.78 is 21.8. The van der Waals surface area contributed by atoms with Gasteiger partial charge in [0.25, 0.3) is 5.89 Å². The van der Waals surface area contributed by atoms with E-state index in [1.165, 1.54) is 0 Å². The second kappa shape index (κ2) is 6.45. The lowest BCUT2D eigenvalue weighted by atomic mass is 10.0. The molecule has 1 aromatic heterocycles. The zero-order valence-electron chi connectivity index (χ0n) is 11.8. The normalized spacial score (nSPS) is 18.3. The first-order chi connectivity index (χ1) is 9.25. The molecule has 0 aromatic carbocycles. The van der Waals surface area contributed by atoms with Crippen LogP contribution in [0.5, 0.6) is 0 Å². The summed E-state index contributed by atoms with van der Waals surface area (Å²) in [5, 5.41) is 4.06. The third kappa shape index (κ3) is 2.96. The van der Waals surface area contributed by atoms with Gasteiger partial charge >= 0.3 is 0 Å². The van der Waals surface area contributed by atoms with Crippen molar-refractivity contribution in [2.24, 2.45) is 0 Å². The standard InChI is InChI=1S/C13H22N2O4/c1-4-17-11(18-5-2)10-14-12(15-19-10)13(16-3)8-6-7-9-13/h11H,4-9H2,1-3H3. The Bertz CT molecular complexity index is 382. The Kier molecular flexibility index (Phi) is 4.90. The highest BCUT2D eigenvalue weighted by Crippen LogP contribution is 2.40. The fourth-order valence-electron chi connectivity index (χ4n) is 2.47. The van der Waals surface area contributed by atoms with E-state index < -0.39 is 11.9 Å². The summed E-state index contributed by atoms with van der Waals surface area (Å²) in [4.78, 5) is 4.42. The van der Waals surface area contributed by atoms with E-state index in [1.807, 2.05) is 13.8 Å². The van der Waals surface area contributed by atoms with Gasteiger partial charge in [0.05, 0.1) is 0 Å². The van der Waals surface area contributed by atoms with E-state index in [0.717, 1.165) is 25.7 Å². The molecule has 1 fully saturated rings. The molecule has 1 aliphatic carbocycles. The Balaban J connectivity index is 2.16. The summed E-state index contributed by atoms with van der Waals surface area (Å²) in [5.41, 5.74) is -0.398. The predicted octanol–water partition coefficient (Wildman–Crippen LogP) is 2.56. The number of hydrogen-bond donors (Lipinski definition) is 0. The van der Waals surface area contributed by atoms with Crippen LogP contribution < -0.4 is 0 Å². The molecule has 0 bridgehead atoms. The second-order valence-electron chi connectivity index (χ2n) is 4.60. The van der Waals surface area contributed by atoms with Crippen molar-refractivity contribution in [1.82, 2.24) is 10.1 Å². The molecule has 0 unspecified atom stereocenters. The number of methoxy groups -OCH3 is 1. The van der Waals surface area contributed by atoms with E-state index >= 15 is 0 Å². The summed E-state index contributed by atoms with van der Waals surface area (Å²) in [6.45, 7) is 4.85. The van der Waals surface area contributed by atoms with Crippen molar-refractivity contribution in [3.63, 3.8) is 0 Å². The molecule has 6 heteroatoms. The van der Waals surface area contributed by atoms with E-state index in [0.29, 0.717) is 24.9 Å². The smallest absolute Gasteiger partial charge is 0.283 e. The van der Waals surface area contributed by atoms with E-state index in [4.69, 9.17) is 18.7 Å².